The summed E-state index contributed by atoms with van der Waals surface area (Å²) in [6, 6.07) is 6.18. The van der Waals surface area contributed by atoms with E-state index in [0.717, 1.165) is 5.01 Å². The van der Waals surface area contributed by atoms with Gasteiger partial charge in [-0.2, -0.15) is 31.8 Å². The minimum absolute atomic E-state index is 0.0881. The van der Waals surface area contributed by atoms with Crippen molar-refractivity contribution >= 4 is 11.5 Å². The fraction of sp³-hybridized carbons (Fsp3) is 0.462. The minimum Gasteiger partial charge on any atom is -0.260 e. The highest BCUT2D eigenvalue weighted by molar-refractivity contribution is 5.99. The number of amidine groups is 1. The monoisotopic (exact) mass is 325 g/mol. The van der Waals surface area contributed by atoms with Crippen molar-refractivity contribution in [3.63, 3.8) is 0 Å². The molecule has 0 fully saturated rings. The van der Waals surface area contributed by atoms with E-state index in [-0.39, 0.29) is 17.9 Å². The summed E-state index contributed by atoms with van der Waals surface area (Å²) in [5, 5.41) is 0.760. The molecule has 0 aliphatic carbocycles. The van der Waals surface area contributed by atoms with Crippen LogP contribution in [0.5, 0.6) is 0 Å². The number of benzene rings is 1. The van der Waals surface area contributed by atoms with Gasteiger partial charge in [0.25, 0.3) is 0 Å². The fourth-order valence-corrected chi connectivity index (χ4v) is 2.16. The van der Waals surface area contributed by atoms with E-state index in [0.29, 0.717) is 5.56 Å². The van der Waals surface area contributed by atoms with Crippen molar-refractivity contribution in [1.29, 1.82) is 0 Å². The highest BCUT2D eigenvalue weighted by Crippen LogP contribution is 2.47. The smallest absolute Gasteiger partial charge is 0.260 e. The number of aliphatic imine (C=N–C) groups is 1. The Balaban J connectivity index is 2.57. The molecule has 3 nitrogen and oxygen atoms in total. The average molecular weight is 325 g/mol. The summed E-state index contributed by atoms with van der Waals surface area (Å²) in [7, 11) is 0. The van der Waals surface area contributed by atoms with Gasteiger partial charge in [-0.3, -0.25) is 5.01 Å². The number of nitrogens with one attached hydrogen (secondary N) is 1. The number of halogens is 6. The Hall–Kier alpha value is -1.77. The lowest BCUT2D eigenvalue weighted by Crippen LogP contribution is -2.65. The largest absolute Gasteiger partial charge is 0.437 e. The lowest BCUT2D eigenvalue weighted by Gasteiger charge is -2.33. The number of rotatable bonds is 2. The zero-order chi connectivity index (χ0) is 16.8. The quantitative estimate of drug-likeness (QED) is 0.834. The molecule has 1 N–H and O–H groups in total. The summed E-state index contributed by atoms with van der Waals surface area (Å²) in [5.74, 6) is -0.330. The second kappa shape index (κ2) is 5.15. The van der Waals surface area contributed by atoms with Crippen LogP contribution in [-0.4, -0.2) is 23.9 Å². The van der Waals surface area contributed by atoms with Crippen LogP contribution in [0.1, 0.15) is 18.9 Å². The maximum absolute atomic E-state index is 13.1. The van der Waals surface area contributed by atoms with Crippen molar-refractivity contribution in [3.8, 4) is 0 Å². The molecule has 1 aliphatic rings. The molecule has 0 saturated heterocycles. The summed E-state index contributed by atoms with van der Waals surface area (Å²) in [4.78, 5) is 2.96. The number of anilines is 1. The van der Waals surface area contributed by atoms with E-state index in [9.17, 15) is 26.3 Å². The van der Waals surface area contributed by atoms with E-state index in [1.54, 1.807) is 19.1 Å². The van der Waals surface area contributed by atoms with Gasteiger partial charge in [-0.05, 0) is 18.6 Å². The molecule has 22 heavy (non-hydrogen) atoms. The second-order valence-electron chi connectivity index (χ2n) is 4.82. The zero-order valence-electron chi connectivity index (χ0n) is 11.7. The first-order valence-electron chi connectivity index (χ1n) is 6.39. The Kier molecular flexibility index (Phi) is 3.88. The highest BCUT2D eigenvalue weighted by Gasteiger charge is 2.74. The standard InChI is InChI=1S/C13H13F6N3/c1-3-10-20-11(12(14,15)16,13(17,18)19)21-22(10)9-7-5-4-6-8(9)2/h4-7,21H,3H2,1-2H3. The molecule has 9 heteroatoms. The average Bonchev–Trinajstić information content (AvgIpc) is 2.79. The van der Waals surface area contributed by atoms with Gasteiger partial charge in [0.05, 0.1) is 5.69 Å². The molecule has 122 valence electrons. The van der Waals surface area contributed by atoms with Gasteiger partial charge in [0, 0.05) is 6.42 Å². The molecule has 0 spiro atoms. The van der Waals surface area contributed by atoms with Gasteiger partial charge in [-0.25, -0.2) is 4.99 Å². The molecule has 1 aliphatic heterocycles. The number of nitrogens with zero attached hydrogens (tertiary/aromatic N) is 2. The Morgan fingerprint density at radius 3 is 2.09 bits per heavy atom. The second-order valence-corrected chi connectivity index (χ2v) is 4.82. The third kappa shape index (κ3) is 2.43. The lowest BCUT2D eigenvalue weighted by molar-refractivity contribution is -0.302. The van der Waals surface area contributed by atoms with Crippen molar-refractivity contribution in [2.24, 2.45) is 4.99 Å². The topological polar surface area (TPSA) is 27.6 Å². The molecule has 0 amide bonds. The van der Waals surface area contributed by atoms with Gasteiger partial charge in [0.15, 0.2) is 0 Å². The SMILES string of the molecule is CCC1=NC(C(F)(F)F)(C(F)(F)F)NN1c1ccccc1C. The number of hydrogen-bond donors (Lipinski definition) is 1. The summed E-state index contributed by atoms with van der Waals surface area (Å²) in [6.45, 7) is 3.03. The Bertz CT molecular complexity index is 576. The molecule has 1 aromatic carbocycles. The predicted octanol–water partition coefficient (Wildman–Crippen LogP) is 3.95. The normalized spacial score (nSPS) is 18.5. The minimum atomic E-state index is -5.62. The molecule has 0 saturated carbocycles. The van der Waals surface area contributed by atoms with Crippen LogP contribution in [0.3, 0.4) is 0 Å². The predicted molar refractivity (Wildman–Crippen MR) is 69.4 cm³/mol. The molecule has 0 unspecified atom stereocenters. The molecule has 0 atom stereocenters. The third-order valence-electron chi connectivity index (χ3n) is 3.32. The molecule has 0 bridgehead atoms. The van der Waals surface area contributed by atoms with Crippen molar-refractivity contribution < 1.29 is 26.3 Å². The van der Waals surface area contributed by atoms with E-state index >= 15 is 0 Å². The van der Waals surface area contributed by atoms with Crippen molar-refractivity contribution in [1.82, 2.24) is 5.43 Å². The van der Waals surface area contributed by atoms with Gasteiger partial charge in [0.2, 0.25) is 0 Å². The van der Waals surface area contributed by atoms with E-state index in [1.807, 2.05) is 0 Å². The molecule has 0 radical (unpaired) electrons. The molecule has 2 rings (SSSR count). The fourth-order valence-electron chi connectivity index (χ4n) is 2.16. The van der Waals surface area contributed by atoms with E-state index in [2.05, 4.69) is 4.99 Å². The number of aryl methyl sites for hydroxylation is 1. The maximum atomic E-state index is 13.1. The van der Waals surface area contributed by atoms with Crippen LogP contribution in [0.4, 0.5) is 32.0 Å². The van der Waals surface area contributed by atoms with Crippen molar-refractivity contribution in [2.75, 3.05) is 5.01 Å². The van der Waals surface area contributed by atoms with E-state index < -0.39 is 18.0 Å². The van der Waals surface area contributed by atoms with Gasteiger partial charge in [-0.1, -0.05) is 25.1 Å². The van der Waals surface area contributed by atoms with Gasteiger partial charge < -0.3 is 0 Å². The highest BCUT2D eigenvalue weighted by atomic mass is 19.4. The van der Waals surface area contributed by atoms with Crippen LogP contribution in [0.25, 0.3) is 0 Å². The Morgan fingerprint density at radius 1 is 1.09 bits per heavy atom. The van der Waals surface area contributed by atoms with Crippen molar-refractivity contribution in [2.45, 2.75) is 38.3 Å². The lowest BCUT2D eigenvalue weighted by atomic mass is 10.1. The number of para-hydroxylation sites is 1. The number of alkyl halides is 6. The van der Waals surface area contributed by atoms with Crippen LogP contribution in [-0.2, 0) is 0 Å². The van der Waals surface area contributed by atoms with E-state index in [1.165, 1.54) is 24.5 Å². The first kappa shape index (κ1) is 16.6. The summed E-state index contributed by atoms with van der Waals surface area (Å²) >= 11 is 0. The summed E-state index contributed by atoms with van der Waals surface area (Å²) in [5.41, 5.74) is -2.09. The zero-order valence-corrected chi connectivity index (χ0v) is 11.7. The van der Waals surface area contributed by atoms with Gasteiger partial charge >= 0.3 is 18.0 Å². The summed E-state index contributed by atoms with van der Waals surface area (Å²) in [6.07, 6.45) is -11.3. The van der Waals surface area contributed by atoms with Crippen LogP contribution in [0.15, 0.2) is 29.3 Å². The first-order valence-corrected chi connectivity index (χ1v) is 6.39. The maximum Gasteiger partial charge on any atom is 0.437 e. The number of hydrazine groups is 1. The third-order valence-corrected chi connectivity index (χ3v) is 3.32. The van der Waals surface area contributed by atoms with Crippen LogP contribution < -0.4 is 10.4 Å². The molecular formula is C13H13F6N3. The summed E-state index contributed by atoms with van der Waals surface area (Å²) < 4.78 is 78.6. The van der Waals surface area contributed by atoms with Gasteiger partial charge in [-0.15, -0.1) is 0 Å². The van der Waals surface area contributed by atoms with Crippen LogP contribution in [0, 0.1) is 6.92 Å². The number of hydrogen-bond acceptors (Lipinski definition) is 3. The van der Waals surface area contributed by atoms with Crippen molar-refractivity contribution in [3.05, 3.63) is 29.8 Å². The molecular weight excluding hydrogens is 312 g/mol. The Morgan fingerprint density at radius 2 is 1.64 bits per heavy atom. The molecule has 0 aromatic heterocycles. The Labute approximate surface area is 122 Å². The molecule has 1 aromatic rings. The van der Waals surface area contributed by atoms with E-state index in [4.69, 9.17) is 0 Å². The van der Waals surface area contributed by atoms with Gasteiger partial charge in [0.1, 0.15) is 5.84 Å². The van der Waals surface area contributed by atoms with Crippen LogP contribution >= 0.6 is 0 Å². The van der Waals surface area contributed by atoms with Crippen LogP contribution in [0.2, 0.25) is 0 Å². The molecule has 1 heterocycles. The first-order chi connectivity index (χ1) is 10.0.